The second kappa shape index (κ2) is 8.68. The number of rotatable bonds is 6. The largest absolute Gasteiger partial charge is 0.486 e. The Balaban J connectivity index is 1.42. The van der Waals surface area contributed by atoms with Crippen molar-refractivity contribution in [2.45, 2.75) is 64.1 Å². The Hall–Kier alpha value is -2.82. The number of carbonyl (C=O) groups excluding carboxylic acids is 1. The van der Waals surface area contributed by atoms with Gasteiger partial charge in [0.15, 0.2) is 11.5 Å². The summed E-state index contributed by atoms with van der Waals surface area (Å²) in [5.41, 5.74) is 3.13. The predicted octanol–water partition coefficient (Wildman–Crippen LogP) is 4.87. The van der Waals surface area contributed by atoms with Crippen molar-refractivity contribution in [2.24, 2.45) is 0 Å². The lowest BCUT2D eigenvalue weighted by molar-refractivity contribution is 0.0611. The van der Waals surface area contributed by atoms with Gasteiger partial charge in [-0.15, -0.1) is 6.58 Å². The summed E-state index contributed by atoms with van der Waals surface area (Å²) in [6, 6.07) is 8.10. The normalized spacial score (nSPS) is 20.9. The SMILES string of the molecule is C=CC[C@@H]1CC=C[C@@H](C)N1C(=O)c1cc(COc2ccc3c(c2)CCCC3)on1. The molecule has 2 atom stereocenters. The standard InChI is InChI=1S/C24H28N2O3/c1-3-7-20-11-6-8-17(2)26(20)24(27)23-15-22(29-25-23)16-28-21-13-12-18-9-4-5-10-19(18)14-21/h3,6,8,12-15,17,20H,1,4-5,7,9-11,16H2,2H3/t17-,20-/m1/s1. The van der Waals surface area contributed by atoms with Gasteiger partial charge in [0.1, 0.15) is 12.4 Å². The van der Waals surface area contributed by atoms with Crippen LogP contribution in [0.4, 0.5) is 0 Å². The van der Waals surface area contributed by atoms with Crippen LogP contribution in [0.5, 0.6) is 5.75 Å². The maximum atomic E-state index is 13.0. The Kier molecular flexibility index (Phi) is 5.84. The number of aromatic nitrogens is 1. The highest BCUT2D eigenvalue weighted by Gasteiger charge is 2.31. The summed E-state index contributed by atoms with van der Waals surface area (Å²) in [7, 11) is 0. The molecule has 0 N–H and O–H groups in total. The van der Waals surface area contributed by atoms with Crippen LogP contribution in [0.3, 0.4) is 0 Å². The zero-order valence-electron chi connectivity index (χ0n) is 17.0. The molecule has 0 bridgehead atoms. The van der Waals surface area contributed by atoms with Gasteiger partial charge in [0.2, 0.25) is 0 Å². The fourth-order valence-electron chi connectivity index (χ4n) is 4.29. The van der Waals surface area contributed by atoms with Crippen LogP contribution in [0.25, 0.3) is 0 Å². The van der Waals surface area contributed by atoms with Gasteiger partial charge in [-0.3, -0.25) is 4.79 Å². The Morgan fingerprint density at radius 3 is 2.97 bits per heavy atom. The van der Waals surface area contributed by atoms with Gasteiger partial charge in [0.25, 0.3) is 5.91 Å². The number of amides is 1. The van der Waals surface area contributed by atoms with Crippen LogP contribution in [0.2, 0.25) is 0 Å². The molecule has 0 unspecified atom stereocenters. The van der Waals surface area contributed by atoms with Crippen molar-refractivity contribution in [3.8, 4) is 5.75 Å². The number of nitrogens with zero attached hydrogens (tertiary/aromatic N) is 2. The molecule has 1 aliphatic heterocycles. The van der Waals surface area contributed by atoms with Crippen LogP contribution in [-0.2, 0) is 19.4 Å². The van der Waals surface area contributed by atoms with E-state index in [0.29, 0.717) is 11.5 Å². The van der Waals surface area contributed by atoms with Gasteiger partial charge >= 0.3 is 0 Å². The summed E-state index contributed by atoms with van der Waals surface area (Å²) >= 11 is 0. The van der Waals surface area contributed by atoms with E-state index in [1.54, 1.807) is 6.07 Å². The molecule has 4 rings (SSSR count). The van der Waals surface area contributed by atoms with E-state index in [-0.39, 0.29) is 24.6 Å². The average molecular weight is 392 g/mol. The third-order valence-corrected chi connectivity index (χ3v) is 5.81. The van der Waals surface area contributed by atoms with Crippen molar-refractivity contribution in [3.05, 3.63) is 71.7 Å². The molecule has 2 aliphatic rings. The Morgan fingerprint density at radius 2 is 2.14 bits per heavy atom. The smallest absolute Gasteiger partial charge is 0.276 e. The van der Waals surface area contributed by atoms with Crippen molar-refractivity contribution >= 4 is 5.91 Å². The van der Waals surface area contributed by atoms with Crippen molar-refractivity contribution in [3.63, 3.8) is 0 Å². The highest BCUT2D eigenvalue weighted by Crippen LogP contribution is 2.26. The molecule has 2 aromatic rings. The molecule has 0 fully saturated rings. The third kappa shape index (κ3) is 4.29. The molecule has 2 heterocycles. The van der Waals surface area contributed by atoms with Crippen LogP contribution in [0, 0.1) is 0 Å². The zero-order chi connectivity index (χ0) is 20.2. The minimum absolute atomic E-state index is 0.0214. The van der Waals surface area contributed by atoms with E-state index in [4.69, 9.17) is 9.26 Å². The lowest BCUT2D eigenvalue weighted by atomic mass is 9.92. The fraction of sp³-hybridized carbons (Fsp3) is 0.417. The van der Waals surface area contributed by atoms with E-state index in [1.807, 2.05) is 24.0 Å². The monoisotopic (exact) mass is 392 g/mol. The van der Waals surface area contributed by atoms with Crippen LogP contribution in [0.1, 0.15) is 60.0 Å². The summed E-state index contributed by atoms with van der Waals surface area (Å²) in [6.07, 6.45) is 12.4. The molecule has 1 aromatic carbocycles. The lowest BCUT2D eigenvalue weighted by Crippen LogP contribution is -2.47. The Bertz CT molecular complexity index is 915. The second-order valence-electron chi connectivity index (χ2n) is 7.90. The molecular formula is C24H28N2O3. The van der Waals surface area contributed by atoms with Crippen molar-refractivity contribution in [2.75, 3.05) is 0 Å². The maximum Gasteiger partial charge on any atom is 0.276 e. The van der Waals surface area contributed by atoms with Gasteiger partial charge in [-0.1, -0.05) is 29.5 Å². The van der Waals surface area contributed by atoms with Gasteiger partial charge in [-0.25, -0.2) is 0 Å². The van der Waals surface area contributed by atoms with E-state index in [2.05, 4.69) is 36.0 Å². The molecule has 0 radical (unpaired) electrons. The predicted molar refractivity (Wildman–Crippen MR) is 112 cm³/mol. The molecule has 5 nitrogen and oxygen atoms in total. The summed E-state index contributed by atoms with van der Waals surface area (Å²) < 4.78 is 11.3. The first-order valence-electron chi connectivity index (χ1n) is 10.5. The van der Waals surface area contributed by atoms with Gasteiger partial charge in [-0.2, -0.15) is 0 Å². The number of fused-ring (bicyclic) bond motifs is 1. The number of hydrogen-bond acceptors (Lipinski definition) is 4. The first-order chi connectivity index (χ1) is 14.2. The molecule has 0 spiro atoms. The summed E-state index contributed by atoms with van der Waals surface area (Å²) in [6.45, 7) is 6.09. The third-order valence-electron chi connectivity index (χ3n) is 5.81. The van der Waals surface area contributed by atoms with Crippen LogP contribution in [0.15, 0.2) is 53.6 Å². The number of benzene rings is 1. The van der Waals surface area contributed by atoms with Crippen molar-refractivity contribution in [1.29, 1.82) is 0 Å². The van der Waals surface area contributed by atoms with Gasteiger partial charge < -0.3 is 14.2 Å². The molecule has 1 aromatic heterocycles. The second-order valence-corrected chi connectivity index (χ2v) is 7.90. The molecular weight excluding hydrogens is 364 g/mol. The molecule has 0 saturated carbocycles. The minimum atomic E-state index is -0.113. The lowest BCUT2D eigenvalue weighted by Gasteiger charge is -2.36. The Labute approximate surface area is 172 Å². The quantitative estimate of drug-likeness (QED) is 0.658. The summed E-state index contributed by atoms with van der Waals surface area (Å²) in [5.74, 6) is 1.26. The highest BCUT2D eigenvalue weighted by atomic mass is 16.5. The number of carbonyl (C=O) groups is 1. The van der Waals surface area contributed by atoms with E-state index in [1.165, 1.54) is 24.0 Å². The van der Waals surface area contributed by atoms with Crippen LogP contribution >= 0.6 is 0 Å². The highest BCUT2D eigenvalue weighted by molar-refractivity contribution is 5.93. The number of aryl methyl sites for hydroxylation is 2. The van der Waals surface area contributed by atoms with Gasteiger partial charge in [0.05, 0.1) is 0 Å². The number of ether oxygens (including phenoxy) is 1. The average Bonchev–Trinajstić information content (AvgIpc) is 3.21. The van der Waals surface area contributed by atoms with E-state index in [9.17, 15) is 4.79 Å². The van der Waals surface area contributed by atoms with Gasteiger partial charge in [0, 0.05) is 18.2 Å². The molecule has 5 heteroatoms. The Morgan fingerprint density at radius 1 is 1.31 bits per heavy atom. The van der Waals surface area contributed by atoms with Crippen molar-refractivity contribution < 1.29 is 14.1 Å². The van der Waals surface area contributed by atoms with Crippen LogP contribution in [-0.4, -0.2) is 28.0 Å². The van der Waals surface area contributed by atoms with E-state index >= 15 is 0 Å². The first kappa shape index (κ1) is 19.5. The minimum Gasteiger partial charge on any atom is -0.486 e. The van der Waals surface area contributed by atoms with Gasteiger partial charge in [-0.05, 0) is 68.7 Å². The molecule has 1 aliphatic carbocycles. The molecule has 0 saturated heterocycles. The molecule has 29 heavy (non-hydrogen) atoms. The summed E-state index contributed by atoms with van der Waals surface area (Å²) in [4.78, 5) is 14.9. The first-order valence-corrected chi connectivity index (χ1v) is 10.5. The number of hydrogen-bond donors (Lipinski definition) is 0. The summed E-state index contributed by atoms with van der Waals surface area (Å²) in [5, 5.41) is 4.01. The zero-order valence-corrected chi connectivity index (χ0v) is 17.0. The molecule has 152 valence electrons. The molecule has 1 amide bonds. The topological polar surface area (TPSA) is 55.6 Å². The maximum absolute atomic E-state index is 13.0. The van der Waals surface area contributed by atoms with E-state index in [0.717, 1.165) is 31.4 Å². The van der Waals surface area contributed by atoms with Crippen molar-refractivity contribution in [1.82, 2.24) is 10.1 Å². The fourth-order valence-corrected chi connectivity index (χ4v) is 4.29. The van der Waals surface area contributed by atoms with E-state index < -0.39 is 0 Å². The van der Waals surface area contributed by atoms with Crippen LogP contribution < -0.4 is 4.74 Å².